The maximum absolute atomic E-state index is 12.8. The maximum atomic E-state index is 12.8. The van der Waals surface area contributed by atoms with E-state index in [4.69, 9.17) is 14.2 Å². The van der Waals surface area contributed by atoms with E-state index in [2.05, 4.69) is 34.6 Å². The van der Waals surface area contributed by atoms with E-state index >= 15 is 0 Å². The number of hydrogen-bond donors (Lipinski definition) is 0. The van der Waals surface area contributed by atoms with Crippen molar-refractivity contribution in [3.8, 4) is 0 Å². The van der Waals surface area contributed by atoms with E-state index in [1.54, 1.807) is 0 Å². The predicted octanol–water partition coefficient (Wildman–Crippen LogP) is 15.8. The summed E-state index contributed by atoms with van der Waals surface area (Å²) in [4.78, 5) is 37.8. The lowest BCUT2D eigenvalue weighted by Crippen LogP contribution is -2.30. The quantitative estimate of drug-likeness (QED) is 0.0347. The summed E-state index contributed by atoms with van der Waals surface area (Å²) in [6.45, 7) is 11.3. The predicted molar refractivity (Wildman–Crippen MR) is 238 cm³/mol. The minimum absolute atomic E-state index is 0.0642. The number of unbranched alkanes of at least 4 members (excludes halogenated alkanes) is 29. The SMILES string of the molecule is CCCCCCCCCCCCC(=O)OC[C@H](COC(=O)CCCCCCCCCCCCC(C)C)OC(=O)CCCCCCCCCCCCCCC(C)C. The number of rotatable bonds is 44. The largest absolute Gasteiger partial charge is 0.462 e. The highest BCUT2D eigenvalue weighted by Crippen LogP contribution is 2.17. The van der Waals surface area contributed by atoms with Crippen LogP contribution in [0.3, 0.4) is 0 Å². The van der Waals surface area contributed by atoms with E-state index in [0.29, 0.717) is 19.3 Å². The van der Waals surface area contributed by atoms with Gasteiger partial charge >= 0.3 is 17.9 Å². The van der Waals surface area contributed by atoms with Gasteiger partial charge in [-0.1, -0.05) is 234 Å². The summed E-state index contributed by atoms with van der Waals surface area (Å²) in [7, 11) is 0. The van der Waals surface area contributed by atoms with Gasteiger partial charge in [-0.15, -0.1) is 0 Å². The molecule has 0 saturated heterocycles. The molecule has 1 atom stereocenters. The first-order valence-corrected chi connectivity index (χ1v) is 24.7. The van der Waals surface area contributed by atoms with Crippen LogP contribution in [-0.4, -0.2) is 37.2 Å². The van der Waals surface area contributed by atoms with E-state index in [1.807, 2.05) is 0 Å². The van der Waals surface area contributed by atoms with Gasteiger partial charge in [-0.2, -0.15) is 0 Å². The zero-order valence-electron chi connectivity index (χ0n) is 38.3. The van der Waals surface area contributed by atoms with Crippen molar-refractivity contribution in [2.45, 2.75) is 278 Å². The van der Waals surface area contributed by atoms with Crippen molar-refractivity contribution in [3.05, 3.63) is 0 Å². The number of esters is 3. The van der Waals surface area contributed by atoms with E-state index in [9.17, 15) is 14.4 Å². The van der Waals surface area contributed by atoms with Crippen LogP contribution < -0.4 is 0 Å². The van der Waals surface area contributed by atoms with Gasteiger partial charge in [0.1, 0.15) is 13.2 Å². The number of hydrogen-bond acceptors (Lipinski definition) is 6. The van der Waals surface area contributed by atoms with Gasteiger partial charge in [-0.3, -0.25) is 14.4 Å². The molecule has 0 rings (SSSR count). The van der Waals surface area contributed by atoms with Crippen LogP contribution in [0.1, 0.15) is 272 Å². The molecule has 56 heavy (non-hydrogen) atoms. The van der Waals surface area contributed by atoms with Crippen LogP contribution in [-0.2, 0) is 28.6 Å². The molecule has 0 heterocycles. The van der Waals surface area contributed by atoms with Crippen molar-refractivity contribution in [1.29, 1.82) is 0 Å². The molecule has 0 aromatic carbocycles. The molecule has 332 valence electrons. The second-order valence-electron chi connectivity index (χ2n) is 18.1. The summed E-state index contributed by atoms with van der Waals surface area (Å²) < 4.78 is 16.8. The first-order valence-electron chi connectivity index (χ1n) is 24.7. The minimum Gasteiger partial charge on any atom is -0.462 e. The van der Waals surface area contributed by atoms with Crippen molar-refractivity contribution < 1.29 is 28.6 Å². The fourth-order valence-corrected chi connectivity index (χ4v) is 7.46. The molecule has 0 fully saturated rings. The summed E-state index contributed by atoms with van der Waals surface area (Å²) in [5.74, 6) is 0.798. The molecule has 0 amide bonds. The highest BCUT2D eigenvalue weighted by molar-refractivity contribution is 5.71. The Morgan fingerprint density at radius 1 is 0.339 bits per heavy atom. The lowest BCUT2D eigenvalue weighted by atomic mass is 10.0. The Kier molecular flexibility index (Phi) is 41.8. The minimum atomic E-state index is -0.760. The van der Waals surface area contributed by atoms with Crippen LogP contribution >= 0.6 is 0 Å². The Labute approximate surface area is 348 Å². The fourth-order valence-electron chi connectivity index (χ4n) is 7.46. The molecule has 0 aliphatic rings. The lowest BCUT2D eigenvalue weighted by Gasteiger charge is -2.18. The van der Waals surface area contributed by atoms with Crippen LogP contribution in [0.25, 0.3) is 0 Å². The number of carbonyl (C=O) groups excluding carboxylic acids is 3. The summed E-state index contributed by atoms with van der Waals surface area (Å²) in [5, 5.41) is 0. The van der Waals surface area contributed by atoms with Crippen molar-refractivity contribution in [1.82, 2.24) is 0 Å². The molecule has 0 radical (unpaired) electrons. The van der Waals surface area contributed by atoms with Crippen LogP contribution in [0.4, 0.5) is 0 Å². The van der Waals surface area contributed by atoms with Gasteiger partial charge < -0.3 is 14.2 Å². The van der Waals surface area contributed by atoms with Gasteiger partial charge in [0.2, 0.25) is 0 Å². The zero-order valence-corrected chi connectivity index (χ0v) is 38.3. The topological polar surface area (TPSA) is 78.9 Å². The summed E-state index contributed by atoms with van der Waals surface area (Å²) in [5.41, 5.74) is 0. The molecule has 0 spiro atoms. The smallest absolute Gasteiger partial charge is 0.306 e. The van der Waals surface area contributed by atoms with Gasteiger partial charge in [-0.25, -0.2) is 0 Å². The van der Waals surface area contributed by atoms with Crippen molar-refractivity contribution in [3.63, 3.8) is 0 Å². The molecule has 0 N–H and O–H groups in total. The molecule has 0 bridgehead atoms. The first-order chi connectivity index (χ1) is 27.2. The Balaban J connectivity index is 4.31. The van der Waals surface area contributed by atoms with Gasteiger partial charge in [0.05, 0.1) is 0 Å². The Morgan fingerprint density at radius 3 is 0.875 bits per heavy atom. The Hall–Kier alpha value is -1.59. The second-order valence-corrected chi connectivity index (χ2v) is 18.1. The normalized spacial score (nSPS) is 12.1. The monoisotopic (exact) mass is 793 g/mol. The summed E-state index contributed by atoms with van der Waals surface area (Å²) in [6.07, 6.45) is 42.3. The summed E-state index contributed by atoms with van der Waals surface area (Å²) >= 11 is 0. The maximum Gasteiger partial charge on any atom is 0.306 e. The second kappa shape index (κ2) is 43.0. The van der Waals surface area contributed by atoms with Crippen molar-refractivity contribution in [2.24, 2.45) is 11.8 Å². The van der Waals surface area contributed by atoms with Gasteiger partial charge in [-0.05, 0) is 31.1 Å². The summed E-state index contributed by atoms with van der Waals surface area (Å²) in [6, 6.07) is 0. The van der Waals surface area contributed by atoms with E-state index in [1.165, 1.54) is 161 Å². The third-order valence-electron chi connectivity index (χ3n) is 11.2. The van der Waals surface area contributed by atoms with E-state index in [0.717, 1.165) is 69.6 Å². The van der Waals surface area contributed by atoms with Crippen LogP contribution in [0, 0.1) is 11.8 Å². The molecule has 0 aromatic heterocycles. The number of carbonyl (C=O) groups is 3. The average molecular weight is 793 g/mol. The van der Waals surface area contributed by atoms with Crippen molar-refractivity contribution >= 4 is 17.9 Å². The molecule has 0 aliphatic heterocycles. The molecule has 6 heteroatoms. The molecule has 0 aliphatic carbocycles. The fraction of sp³-hybridized carbons (Fsp3) is 0.940. The van der Waals surface area contributed by atoms with Gasteiger partial charge in [0, 0.05) is 19.3 Å². The average Bonchev–Trinajstić information content (AvgIpc) is 3.16. The molecule has 0 aromatic rings. The molecular weight excluding hydrogens is 697 g/mol. The standard InChI is InChI=1S/C50H96O6/c1-6-7-8-9-10-11-20-25-30-35-40-48(51)54-43-47(44-55-49(52)41-36-31-26-21-17-16-19-24-29-34-39-46(4)5)56-50(53)42-37-32-27-22-15-13-12-14-18-23-28-33-38-45(2)3/h45-47H,6-44H2,1-5H3/t47-/m1/s1. The highest BCUT2D eigenvalue weighted by Gasteiger charge is 2.19. The molecular formula is C50H96O6. The Morgan fingerprint density at radius 2 is 0.589 bits per heavy atom. The molecule has 6 nitrogen and oxygen atoms in total. The van der Waals surface area contributed by atoms with E-state index in [-0.39, 0.29) is 31.1 Å². The Bertz CT molecular complexity index is 854. The molecule has 0 saturated carbocycles. The van der Waals surface area contributed by atoms with E-state index < -0.39 is 6.10 Å². The highest BCUT2D eigenvalue weighted by atomic mass is 16.6. The van der Waals surface area contributed by atoms with Crippen molar-refractivity contribution in [2.75, 3.05) is 13.2 Å². The lowest BCUT2D eigenvalue weighted by molar-refractivity contribution is -0.167. The van der Waals surface area contributed by atoms with Crippen LogP contribution in [0.2, 0.25) is 0 Å². The zero-order chi connectivity index (χ0) is 41.2. The first kappa shape index (κ1) is 54.4. The van der Waals surface area contributed by atoms with Crippen LogP contribution in [0.5, 0.6) is 0 Å². The third-order valence-corrected chi connectivity index (χ3v) is 11.2. The number of ether oxygens (including phenoxy) is 3. The van der Waals surface area contributed by atoms with Crippen LogP contribution in [0.15, 0.2) is 0 Å². The van der Waals surface area contributed by atoms with Gasteiger partial charge in [0.25, 0.3) is 0 Å². The van der Waals surface area contributed by atoms with Gasteiger partial charge in [0.15, 0.2) is 6.10 Å². The molecule has 0 unspecified atom stereocenters. The third kappa shape index (κ3) is 43.5.